The Morgan fingerprint density at radius 2 is 2.32 bits per heavy atom. The predicted molar refractivity (Wildman–Crippen MR) is 81.7 cm³/mol. The molecule has 0 radical (unpaired) electrons. The number of rotatable bonds is 3. The molecule has 1 amide bonds. The maximum Gasteiger partial charge on any atom is 0.239 e. The molecule has 6 nitrogen and oxygen atoms in total. The van der Waals surface area contributed by atoms with Gasteiger partial charge in [0.15, 0.2) is 0 Å². The molecular formula is C16H19N5O. The van der Waals surface area contributed by atoms with Crippen molar-refractivity contribution in [1.29, 1.82) is 10.5 Å². The van der Waals surface area contributed by atoms with E-state index < -0.39 is 5.92 Å². The Kier molecular flexibility index (Phi) is 4.95. The van der Waals surface area contributed by atoms with Crippen LogP contribution in [0.15, 0.2) is 18.5 Å². The minimum absolute atomic E-state index is 0.115. The average Bonchev–Trinajstić information content (AvgIpc) is 2.59. The molecular weight excluding hydrogens is 278 g/mol. The van der Waals surface area contributed by atoms with Crippen molar-refractivity contribution in [3.63, 3.8) is 0 Å². The van der Waals surface area contributed by atoms with Gasteiger partial charge in [0.1, 0.15) is 12.0 Å². The van der Waals surface area contributed by atoms with Gasteiger partial charge in [0.25, 0.3) is 0 Å². The van der Waals surface area contributed by atoms with E-state index in [9.17, 15) is 10.1 Å². The smallest absolute Gasteiger partial charge is 0.239 e. The van der Waals surface area contributed by atoms with E-state index in [0.717, 1.165) is 18.5 Å². The van der Waals surface area contributed by atoms with Crippen molar-refractivity contribution in [2.75, 3.05) is 25.0 Å². The molecule has 2 unspecified atom stereocenters. The maximum atomic E-state index is 12.2. The summed E-state index contributed by atoms with van der Waals surface area (Å²) >= 11 is 0. The second-order valence-electron chi connectivity index (χ2n) is 5.55. The number of anilines is 1. The maximum absolute atomic E-state index is 12.2. The number of amides is 1. The highest BCUT2D eigenvalue weighted by Gasteiger charge is 2.29. The van der Waals surface area contributed by atoms with E-state index in [1.54, 1.807) is 24.2 Å². The highest BCUT2D eigenvalue weighted by Crippen LogP contribution is 2.24. The van der Waals surface area contributed by atoms with Crippen molar-refractivity contribution in [1.82, 2.24) is 9.88 Å². The number of hydrogen-bond acceptors (Lipinski definition) is 5. The van der Waals surface area contributed by atoms with Gasteiger partial charge in [-0.2, -0.15) is 10.5 Å². The van der Waals surface area contributed by atoms with Gasteiger partial charge < -0.3 is 9.80 Å². The summed E-state index contributed by atoms with van der Waals surface area (Å²) in [5, 5.41) is 18.1. The normalized spacial score (nSPS) is 18.9. The molecule has 1 aliphatic rings. The predicted octanol–water partition coefficient (Wildman–Crippen LogP) is 1.54. The van der Waals surface area contributed by atoms with Crippen LogP contribution >= 0.6 is 0 Å². The van der Waals surface area contributed by atoms with Crippen LogP contribution in [0.25, 0.3) is 0 Å². The summed E-state index contributed by atoms with van der Waals surface area (Å²) in [7, 11) is 1.93. The van der Waals surface area contributed by atoms with Crippen LogP contribution in [-0.2, 0) is 4.79 Å². The molecule has 2 atom stereocenters. The second-order valence-corrected chi connectivity index (χ2v) is 5.55. The largest absolute Gasteiger partial charge is 0.369 e. The second kappa shape index (κ2) is 6.91. The first-order valence-corrected chi connectivity index (χ1v) is 7.33. The number of piperidine rings is 1. The number of hydrogen-bond donors (Lipinski definition) is 0. The molecule has 1 aromatic rings. The highest BCUT2D eigenvalue weighted by atomic mass is 16.2. The summed E-state index contributed by atoms with van der Waals surface area (Å²) in [6.07, 6.45) is 5.06. The molecule has 0 bridgehead atoms. The first-order chi connectivity index (χ1) is 10.6. The van der Waals surface area contributed by atoms with E-state index in [2.05, 4.69) is 11.1 Å². The molecule has 0 aliphatic carbocycles. The van der Waals surface area contributed by atoms with Gasteiger partial charge in [-0.05, 0) is 25.8 Å². The van der Waals surface area contributed by atoms with E-state index in [4.69, 9.17) is 5.26 Å². The molecule has 114 valence electrons. The SMILES string of the molecule is CC(C#N)C(=O)N1CCCC(N(C)c2ccncc2C#N)C1. The average molecular weight is 297 g/mol. The molecule has 2 heterocycles. The lowest BCUT2D eigenvalue weighted by molar-refractivity contribution is -0.134. The van der Waals surface area contributed by atoms with Gasteiger partial charge in [0.05, 0.1) is 17.3 Å². The van der Waals surface area contributed by atoms with E-state index in [1.807, 2.05) is 24.1 Å². The van der Waals surface area contributed by atoms with Crippen LogP contribution in [0.3, 0.4) is 0 Å². The molecule has 1 saturated heterocycles. The minimum Gasteiger partial charge on any atom is -0.369 e. The van der Waals surface area contributed by atoms with Gasteiger partial charge in [0.2, 0.25) is 5.91 Å². The third-order valence-electron chi connectivity index (χ3n) is 4.12. The zero-order valence-corrected chi connectivity index (χ0v) is 12.9. The summed E-state index contributed by atoms with van der Waals surface area (Å²) in [5.41, 5.74) is 1.35. The minimum atomic E-state index is -0.611. The summed E-state index contributed by atoms with van der Waals surface area (Å²) in [5.74, 6) is -0.726. The van der Waals surface area contributed by atoms with Crippen molar-refractivity contribution >= 4 is 11.6 Å². The monoisotopic (exact) mass is 297 g/mol. The number of pyridine rings is 1. The lowest BCUT2D eigenvalue weighted by Crippen LogP contribution is -2.50. The first kappa shape index (κ1) is 15.8. The van der Waals surface area contributed by atoms with E-state index in [-0.39, 0.29) is 11.9 Å². The first-order valence-electron chi connectivity index (χ1n) is 7.33. The lowest BCUT2D eigenvalue weighted by Gasteiger charge is -2.39. The Balaban J connectivity index is 2.14. The zero-order valence-electron chi connectivity index (χ0n) is 12.9. The molecule has 1 aliphatic heterocycles. The van der Waals surface area contributed by atoms with Gasteiger partial charge in [-0.3, -0.25) is 9.78 Å². The summed E-state index contributed by atoms with van der Waals surface area (Å²) < 4.78 is 0. The Labute approximate surface area is 130 Å². The van der Waals surface area contributed by atoms with Crippen molar-refractivity contribution in [2.24, 2.45) is 5.92 Å². The number of likely N-dealkylation sites (N-methyl/N-ethyl adjacent to an activating group) is 1. The number of aromatic nitrogens is 1. The van der Waals surface area contributed by atoms with Gasteiger partial charge in [-0.15, -0.1) is 0 Å². The fourth-order valence-electron chi connectivity index (χ4n) is 2.78. The van der Waals surface area contributed by atoms with Crippen molar-refractivity contribution in [3.8, 4) is 12.1 Å². The van der Waals surface area contributed by atoms with Gasteiger partial charge in [0, 0.05) is 38.6 Å². The number of nitriles is 2. The Morgan fingerprint density at radius 1 is 1.55 bits per heavy atom. The van der Waals surface area contributed by atoms with Crippen molar-refractivity contribution < 1.29 is 4.79 Å². The van der Waals surface area contributed by atoms with E-state index >= 15 is 0 Å². The quantitative estimate of drug-likeness (QED) is 0.845. The number of carbonyl (C=O) groups is 1. The van der Waals surface area contributed by atoms with Gasteiger partial charge in [-0.1, -0.05) is 0 Å². The van der Waals surface area contributed by atoms with Gasteiger partial charge in [-0.25, -0.2) is 0 Å². The van der Waals surface area contributed by atoms with Crippen LogP contribution < -0.4 is 4.90 Å². The van der Waals surface area contributed by atoms with E-state index in [1.165, 1.54) is 0 Å². The Hall–Kier alpha value is -2.60. The van der Waals surface area contributed by atoms with Crippen LogP contribution in [0, 0.1) is 28.6 Å². The van der Waals surface area contributed by atoms with Crippen molar-refractivity contribution in [3.05, 3.63) is 24.0 Å². The van der Waals surface area contributed by atoms with Crippen LogP contribution in [0.5, 0.6) is 0 Å². The number of nitrogens with zero attached hydrogens (tertiary/aromatic N) is 5. The van der Waals surface area contributed by atoms with Crippen LogP contribution in [-0.4, -0.2) is 42.0 Å². The third kappa shape index (κ3) is 3.17. The summed E-state index contributed by atoms with van der Waals surface area (Å²) in [4.78, 5) is 19.9. The lowest BCUT2D eigenvalue weighted by atomic mass is 10.0. The molecule has 0 N–H and O–H groups in total. The molecule has 22 heavy (non-hydrogen) atoms. The molecule has 0 aromatic carbocycles. The van der Waals surface area contributed by atoms with Crippen LogP contribution in [0.1, 0.15) is 25.3 Å². The molecule has 1 fully saturated rings. The fraction of sp³-hybridized carbons (Fsp3) is 0.500. The molecule has 2 rings (SSSR count). The number of likely N-dealkylation sites (tertiary alicyclic amines) is 1. The Bertz CT molecular complexity index is 630. The molecule has 6 heteroatoms. The molecule has 0 spiro atoms. The third-order valence-corrected chi connectivity index (χ3v) is 4.12. The zero-order chi connectivity index (χ0) is 16.1. The van der Waals surface area contributed by atoms with Crippen LogP contribution in [0.4, 0.5) is 5.69 Å². The van der Waals surface area contributed by atoms with Crippen molar-refractivity contribution in [2.45, 2.75) is 25.8 Å². The molecule has 1 aromatic heterocycles. The standard InChI is InChI=1S/C16H19N5O/c1-12(8-17)16(22)21-7-3-4-14(11-21)20(2)15-5-6-19-10-13(15)9-18/h5-6,10,12,14H,3-4,7,11H2,1-2H3. The Morgan fingerprint density at radius 3 is 3.00 bits per heavy atom. The van der Waals surface area contributed by atoms with E-state index in [0.29, 0.717) is 18.7 Å². The number of carbonyl (C=O) groups excluding carboxylic acids is 1. The van der Waals surface area contributed by atoms with Gasteiger partial charge >= 0.3 is 0 Å². The highest BCUT2D eigenvalue weighted by molar-refractivity contribution is 5.81. The summed E-state index contributed by atoms with van der Waals surface area (Å²) in [6.45, 7) is 2.90. The molecule has 0 saturated carbocycles. The fourth-order valence-corrected chi connectivity index (χ4v) is 2.78. The summed E-state index contributed by atoms with van der Waals surface area (Å²) in [6, 6.07) is 6.10. The topological polar surface area (TPSA) is 84.0 Å². The van der Waals surface area contributed by atoms with Crippen LogP contribution in [0.2, 0.25) is 0 Å².